The zero-order valence-electron chi connectivity index (χ0n) is 7.71. The van der Waals surface area contributed by atoms with Crippen LogP contribution >= 0.6 is 34.8 Å². The summed E-state index contributed by atoms with van der Waals surface area (Å²) in [6.07, 6.45) is 3.46. The van der Waals surface area contributed by atoms with Gasteiger partial charge in [-0.2, -0.15) is 0 Å². The monoisotopic (exact) mass is 261 g/mol. The van der Waals surface area contributed by atoms with Gasteiger partial charge in [0.2, 0.25) is 0 Å². The molecule has 0 aliphatic heterocycles. The van der Waals surface area contributed by atoms with Gasteiger partial charge in [-0.25, -0.2) is 9.97 Å². The first-order chi connectivity index (χ1) is 7.09. The zero-order chi connectivity index (χ0) is 11.0. The predicted octanol–water partition coefficient (Wildman–Crippen LogP) is 3.44. The van der Waals surface area contributed by atoms with E-state index in [9.17, 15) is 0 Å². The molecule has 0 N–H and O–H groups in total. The molecule has 0 spiro atoms. The van der Waals surface area contributed by atoms with Crippen molar-refractivity contribution in [2.24, 2.45) is 7.05 Å². The van der Waals surface area contributed by atoms with Crippen LogP contribution in [0.15, 0.2) is 18.5 Å². The summed E-state index contributed by atoms with van der Waals surface area (Å²) in [5, 5.41) is 0.984. The number of hydrogen-bond donors (Lipinski definition) is 0. The van der Waals surface area contributed by atoms with E-state index < -0.39 is 0 Å². The summed E-state index contributed by atoms with van der Waals surface area (Å²) in [5.41, 5.74) is 0.526. The molecule has 0 fully saturated rings. The van der Waals surface area contributed by atoms with Gasteiger partial charge < -0.3 is 4.57 Å². The minimum Gasteiger partial charge on any atom is -0.333 e. The Labute approximate surface area is 102 Å². The lowest BCUT2D eigenvalue weighted by Crippen LogP contribution is -1.95. The van der Waals surface area contributed by atoms with Gasteiger partial charge in [0.25, 0.3) is 0 Å². The lowest BCUT2D eigenvalue weighted by molar-refractivity contribution is 0.918. The van der Waals surface area contributed by atoms with Crippen molar-refractivity contribution < 1.29 is 0 Å². The first kappa shape index (κ1) is 10.7. The van der Waals surface area contributed by atoms with Crippen LogP contribution < -0.4 is 0 Å². The van der Waals surface area contributed by atoms with Crippen LogP contribution in [0.25, 0.3) is 11.5 Å². The van der Waals surface area contributed by atoms with Crippen molar-refractivity contribution >= 4 is 34.8 Å². The topological polar surface area (TPSA) is 30.7 Å². The van der Waals surface area contributed by atoms with E-state index in [1.807, 2.05) is 7.05 Å². The molecule has 2 heterocycles. The fourth-order valence-corrected chi connectivity index (χ4v) is 1.78. The van der Waals surface area contributed by atoms with Gasteiger partial charge in [0, 0.05) is 19.4 Å². The molecule has 0 unspecified atom stereocenters. The summed E-state index contributed by atoms with van der Waals surface area (Å²) in [4.78, 5) is 8.23. The predicted molar refractivity (Wildman–Crippen MR) is 61.5 cm³/mol. The molecule has 78 valence electrons. The zero-order valence-corrected chi connectivity index (χ0v) is 9.98. The molecule has 0 atom stereocenters. The molecule has 0 saturated heterocycles. The molecule has 0 bridgehead atoms. The number of pyridine rings is 1. The Morgan fingerprint density at radius 1 is 1.20 bits per heavy atom. The van der Waals surface area contributed by atoms with Crippen LogP contribution in [0.3, 0.4) is 0 Å². The Morgan fingerprint density at radius 2 is 1.93 bits per heavy atom. The van der Waals surface area contributed by atoms with E-state index in [1.54, 1.807) is 23.0 Å². The summed E-state index contributed by atoms with van der Waals surface area (Å²) in [5.74, 6) is 0.651. The molecule has 0 aromatic carbocycles. The second kappa shape index (κ2) is 4.00. The van der Waals surface area contributed by atoms with Gasteiger partial charge in [-0.05, 0) is 6.07 Å². The molecule has 0 aliphatic rings. The molecule has 3 nitrogen and oxygen atoms in total. The number of aromatic nitrogens is 3. The molecule has 2 aromatic heterocycles. The summed E-state index contributed by atoms with van der Waals surface area (Å²) in [6.45, 7) is 0. The first-order valence-corrected chi connectivity index (χ1v) is 5.22. The van der Waals surface area contributed by atoms with Gasteiger partial charge >= 0.3 is 0 Å². The fraction of sp³-hybridized carbons (Fsp3) is 0.111. The van der Waals surface area contributed by atoms with Gasteiger partial charge in [0.05, 0.1) is 10.0 Å². The number of halogens is 3. The van der Waals surface area contributed by atoms with E-state index in [-0.39, 0.29) is 5.15 Å². The van der Waals surface area contributed by atoms with E-state index in [4.69, 9.17) is 34.8 Å². The highest BCUT2D eigenvalue weighted by atomic mass is 35.5. The number of hydrogen-bond acceptors (Lipinski definition) is 2. The second-order valence-corrected chi connectivity index (χ2v) is 4.13. The Hall–Kier alpha value is -0.770. The second-order valence-electron chi connectivity index (χ2n) is 2.95. The molecular weight excluding hydrogens is 256 g/mol. The minimum atomic E-state index is 0.221. The van der Waals surface area contributed by atoms with Crippen LogP contribution in [0.4, 0.5) is 0 Å². The Bertz CT molecular complexity index is 507. The highest BCUT2D eigenvalue weighted by Gasteiger charge is 2.12. The van der Waals surface area contributed by atoms with Crippen molar-refractivity contribution in [3.8, 4) is 11.5 Å². The molecule has 15 heavy (non-hydrogen) atoms. The average Bonchev–Trinajstić information content (AvgIpc) is 2.58. The Kier molecular flexibility index (Phi) is 2.87. The van der Waals surface area contributed by atoms with Crippen LogP contribution in [0.5, 0.6) is 0 Å². The van der Waals surface area contributed by atoms with E-state index in [0.29, 0.717) is 21.6 Å². The Balaban J connectivity index is 2.64. The maximum Gasteiger partial charge on any atom is 0.159 e. The third-order valence-corrected chi connectivity index (χ3v) is 2.88. The molecular formula is C9H6Cl3N3. The maximum atomic E-state index is 6.01. The van der Waals surface area contributed by atoms with E-state index in [1.165, 1.54) is 0 Å². The third-order valence-electron chi connectivity index (χ3n) is 1.92. The van der Waals surface area contributed by atoms with Crippen molar-refractivity contribution in [2.75, 3.05) is 0 Å². The highest BCUT2D eigenvalue weighted by Crippen LogP contribution is 2.30. The molecule has 2 rings (SSSR count). The number of imidazole rings is 1. The largest absolute Gasteiger partial charge is 0.333 e. The average molecular weight is 263 g/mol. The van der Waals surface area contributed by atoms with Gasteiger partial charge in [0.15, 0.2) is 5.82 Å². The van der Waals surface area contributed by atoms with Gasteiger partial charge in [-0.15, -0.1) is 0 Å². The molecule has 0 aliphatic carbocycles. The van der Waals surface area contributed by atoms with Crippen LogP contribution in [0.1, 0.15) is 0 Å². The normalized spacial score (nSPS) is 10.7. The first-order valence-electron chi connectivity index (χ1n) is 4.09. The van der Waals surface area contributed by atoms with Crippen molar-refractivity contribution in [1.82, 2.24) is 14.5 Å². The summed E-state index contributed by atoms with van der Waals surface area (Å²) >= 11 is 17.6. The van der Waals surface area contributed by atoms with E-state index in [0.717, 1.165) is 0 Å². The smallest absolute Gasteiger partial charge is 0.159 e. The van der Waals surface area contributed by atoms with Gasteiger partial charge in [-0.1, -0.05) is 34.8 Å². The van der Waals surface area contributed by atoms with Crippen molar-refractivity contribution in [1.29, 1.82) is 0 Å². The Morgan fingerprint density at radius 3 is 2.53 bits per heavy atom. The standard InChI is InChI=1S/C9H6Cl3N3/c1-15-3-2-13-9(15)7-5(10)4-6(11)8(12)14-7/h2-4H,1H3. The summed E-state index contributed by atoms with van der Waals surface area (Å²) < 4.78 is 1.80. The van der Waals surface area contributed by atoms with Gasteiger partial charge in [-0.3, -0.25) is 0 Å². The van der Waals surface area contributed by atoms with E-state index in [2.05, 4.69) is 9.97 Å². The lowest BCUT2D eigenvalue weighted by Gasteiger charge is -2.04. The van der Waals surface area contributed by atoms with Gasteiger partial charge in [0.1, 0.15) is 10.8 Å². The van der Waals surface area contributed by atoms with Crippen LogP contribution in [-0.2, 0) is 7.05 Å². The number of nitrogens with zero attached hydrogens (tertiary/aromatic N) is 3. The van der Waals surface area contributed by atoms with Crippen LogP contribution in [-0.4, -0.2) is 14.5 Å². The van der Waals surface area contributed by atoms with E-state index >= 15 is 0 Å². The quantitative estimate of drug-likeness (QED) is 0.737. The molecule has 6 heteroatoms. The molecule has 0 amide bonds. The summed E-state index contributed by atoms with van der Waals surface area (Å²) in [7, 11) is 1.85. The maximum absolute atomic E-state index is 6.01. The van der Waals surface area contributed by atoms with Crippen molar-refractivity contribution in [3.63, 3.8) is 0 Å². The van der Waals surface area contributed by atoms with Crippen molar-refractivity contribution in [3.05, 3.63) is 33.7 Å². The minimum absolute atomic E-state index is 0.221. The van der Waals surface area contributed by atoms with Crippen LogP contribution in [0, 0.1) is 0 Å². The number of rotatable bonds is 1. The summed E-state index contributed by atoms with van der Waals surface area (Å²) in [6, 6.07) is 1.56. The third kappa shape index (κ3) is 1.95. The highest BCUT2D eigenvalue weighted by molar-refractivity contribution is 6.42. The fourth-order valence-electron chi connectivity index (χ4n) is 1.19. The molecule has 0 saturated carbocycles. The SMILES string of the molecule is Cn1ccnc1-c1nc(Cl)c(Cl)cc1Cl. The molecule has 0 radical (unpaired) electrons. The molecule has 2 aromatic rings. The van der Waals surface area contributed by atoms with Crippen LogP contribution in [0.2, 0.25) is 15.2 Å². The number of aryl methyl sites for hydroxylation is 1. The van der Waals surface area contributed by atoms with Crippen molar-refractivity contribution in [2.45, 2.75) is 0 Å². The lowest BCUT2D eigenvalue weighted by atomic mass is 10.3.